The van der Waals surface area contributed by atoms with E-state index >= 15 is 0 Å². The van der Waals surface area contributed by atoms with Crippen LogP contribution in [0.4, 0.5) is 0 Å². The van der Waals surface area contributed by atoms with Crippen LogP contribution >= 0.6 is 0 Å². The van der Waals surface area contributed by atoms with Gasteiger partial charge in [0.2, 0.25) is 11.8 Å². The van der Waals surface area contributed by atoms with Gasteiger partial charge in [-0.1, -0.05) is 27.7 Å². The molecular weight excluding hydrogens is 290 g/mol. The molecule has 2 rings (SSSR count). The molecule has 0 unspecified atom stereocenters. The van der Waals surface area contributed by atoms with Gasteiger partial charge >= 0.3 is 0 Å². The first-order valence-corrected chi connectivity index (χ1v) is 9.15. The smallest absolute Gasteiger partial charge is 0.236 e. The molecule has 1 aliphatic carbocycles. The normalized spacial score (nSPS) is 19.1. The van der Waals surface area contributed by atoms with Gasteiger partial charge in [-0.2, -0.15) is 0 Å². The minimum absolute atomic E-state index is 0.213. The van der Waals surface area contributed by atoms with E-state index in [0.29, 0.717) is 50.5 Å². The van der Waals surface area contributed by atoms with E-state index in [4.69, 9.17) is 0 Å². The van der Waals surface area contributed by atoms with Crippen molar-refractivity contribution < 1.29 is 9.59 Å². The molecule has 2 amide bonds. The maximum Gasteiger partial charge on any atom is 0.236 e. The highest BCUT2D eigenvalue weighted by Gasteiger charge is 2.35. The maximum absolute atomic E-state index is 12.6. The SMILES string of the molecule is CC(C)CN(CC(=O)N1CCN(C(=O)C2CC2)CC1)CC(C)C. The number of carbonyl (C=O) groups is 2. The monoisotopic (exact) mass is 323 g/mol. The fourth-order valence-corrected chi connectivity index (χ4v) is 3.29. The Hall–Kier alpha value is -1.10. The van der Waals surface area contributed by atoms with Crippen molar-refractivity contribution in [1.29, 1.82) is 0 Å². The zero-order chi connectivity index (χ0) is 17.0. The first-order valence-electron chi connectivity index (χ1n) is 9.15. The molecule has 0 radical (unpaired) electrons. The van der Waals surface area contributed by atoms with Crippen molar-refractivity contribution in [3.05, 3.63) is 0 Å². The van der Waals surface area contributed by atoms with Gasteiger partial charge in [0.1, 0.15) is 0 Å². The summed E-state index contributed by atoms with van der Waals surface area (Å²) in [5.74, 6) is 1.93. The van der Waals surface area contributed by atoms with E-state index in [2.05, 4.69) is 32.6 Å². The standard InChI is InChI=1S/C18H33N3O2/c1-14(2)11-19(12-15(3)4)13-17(22)20-7-9-21(10-8-20)18(23)16-5-6-16/h14-16H,5-13H2,1-4H3. The highest BCUT2D eigenvalue weighted by atomic mass is 16.2. The number of amides is 2. The Labute approximate surface area is 141 Å². The van der Waals surface area contributed by atoms with Crippen LogP contribution in [0.25, 0.3) is 0 Å². The van der Waals surface area contributed by atoms with Crippen molar-refractivity contribution >= 4 is 11.8 Å². The number of carbonyl (C=O) groups excluding carboxylic acids is 2. The first-order chi connectivity index (χ1) is 10.9. The maximum atomic E-state index is 12.6. The van der Waals surface area contributed by atoms with Gasteiger partial charge in [-0.25, -0.2) is 0 Å². The quantitative estimate of drug-likeness (QED) is 0.716. The third kappa shape index (κ3) is 5.79. The summed E-state index contributed by atoms with van der Waals surface area (Å²) >= 11 is 0. The van der Waals surface area contributed by atoms with Crippen LogP contribution in [0.2, 0.25) is 0 Å². The summed E-state index contributed by atoms with van der Waals surface area (Å²) in [6, 6.07) is 0. The van der Waals surface area contributed by atoms with Gasteiger partial charge in [-0.3, -0.25) is 14.5 Å². The molecule has 0 aromatic heterocycles. The predicted octanol–water partition coefficient (Wildman–Crippen LogP) is 1.68. The Kier molecular flexibility index (Phi) is 6.45. The van der Waals surface area contributed by atoms with Crippen molar-refractivity contribution in [2.24, 2.45) is 17.8 Å². The Morgan fingerprint density at radius 1 is 0.913 bits per heavy atom. The topological polar surface area (TPSA) is 43.9 Å². The van der Waals surface area contributed by atoms with Crippen LogP contribution in [0, 0.1) is 17.8 Å². The van der Waals surface area contributed by atoms with Crippen LogP contribution in [0.15, 0.2) is 0 Å². The lowest BCUT2D eigenvalue weighted by Gasteiger charge is -2.36. The minimum Gasteiger partial charge on any atom is -0.339 e. The van der Waals surface area contributed by atoms with Crippen LogP contribution in [-0.2, 0) is 9.59 Å². The Morgan fingerprint density at radius 2 is 1.39 bits per heavy atom. The molecule has 1 heterocycles. The molecule has 0 atom stereocenters. The lowest BCUT2D eigenvalue weighted by Crippen LogP contribution is -2.53. The molecule has 1 saturated heterocycles. The summed E-state index contributed by atoms with van der Waals surface area (Å²) in [7, 11) is 0. The van der Waals surface area contributed by atoms with E-state index in [9.17, 15) is 9.59 Å². The third-order valence-electron chi connectivity index (χ3n) is 4.48. The van der Waals surface area contributed by atoms with E-state index in [0.717, 1.165) is 25.9 Å². The number of hydrogen-bond donors (Lipinski definition) is 0. The van der Waals surface area contributed by atoms with Crippen LogP contribution in [0.1, 0.15) is 40.5 Å². The molecule has 1 saturated carbocycles. The Balaban J connectivity index is 1.79. The zero-order valence-electron chi connectivity index (χ0n) is 15.3. The molecule has 1 aliphatic heterocycles. The summed E-state index contributed by atoms with van der Waals surface area (Å²) in [5, 5.41) is 0. The molecule has 0 aromatic carbocycles. The molecule has 0 spiro atoms. The molecule has 5 heteroatoms. The lowest BCUT2D eigenvalue weighted by atomic mass is 10.1. The number of piperazine rings is 1. The third-order valence-corrected chi connectivity index (χ3v) is 4.48. The number of rotatable bonds is 7. The van der Waals surface area contributed by atoms with Crippen LogP contribution in [0.3, 0.4) is 0 Å². The van der Waals surface area contributed by atoms with Gasteiger partial charge in [0.15, 0.2) is 0 Å². The number of nitrogens with zero attached hydrogens (tertiary/aromatic N) is 3. The van der Waals surface area contributed by atoms with E-state index in [-0.39, 0.29) is 11.8 Å². The van der Waals surface area contributed by atoms with Gasteiger partial charge < -0.3 is 9.80 Å². The van der Waals surface area contributed by atoms with E-state index in [1.165, 1.54) is 0 Å². The van der Waals surface area contributed by atoms with Gasteiger partial charge in [0.25, 0.3) is 0 Å². The van der Waals surface area contributed by atoms with E-state index in [1.54, 1.807) is 0 Å². The summed E-state index contributed by atoms with van der Waals surface area (Å²) in [6.45, 7) is 14.0. The van der Waals surface area contributed by atoms with Gasteiger partial charge in [-0.15, -0.1) is 0 Å². The fraction of sp³-hybridized carbons (Fsp3) is 0.889. The molecule has 2 fully saturated rings. The van der Waals surface area contributed by atoms with E-state index < -0.39 is 0 Å². The average Bonchev–Trinajstić information content (AvgIpc) is 3.29. The Bertz CT molecular complexity index is 400. The van der Waals surface area contributed by atoms with Crippen LogP contribution in [0.5, 0.6) is 0 Å². The van der Waals surface area contributed by atoms with Crippen molar-refractivity contribution in [2.75, 3.05) is 45.8 Å². The largest absolute Gasteiger partial charge is 0.339 e. The van der Waals surface area contributed by atoms with Gasteiger partial charge in [0.05, 0.1) is 6.54 Å². The molecule has 2 aliphatic rings. The van der Waals surface area contributed by atoms with E-state index in [1.807, 2.05) is 9.80 Å². The molecular formula is C18H33N3O2. The second-order valence-corrected chi connectivity index (χ2v) is 7.96. The lowest BCUT2D eigenvalue weighted by molar-refractivity contribution is -0.141. The highest BCUT2D eigenvalue weighted by molar-refractivity contribution is 5.82. The molecule has 0 aromatic rings. The molecule has 23 heavy (non-hydrogen) atoms. The summed E-state index contributed by atoms with van der Waals surface area (Å²) in [6.07, 6.45) is 2.11. The molecule has 5 nitrogen and oxygen atoms in total. The van der Waals surface area contributed by atoms with Crippen molar-refractivity contribution in [2.45, 2.75) is 40.5 Å². The van der Waals surface area contributed by atoms with Crippen LogP contribution < -0.4 is 0 Å². The second kappa shape index (κ2) is 8.13. The zero-order valence-corrected chi connectivity index (χ0v) is 15.3. The second-order valence-electron chi connectivity index (χ2n) is 7.96. The predicted molar refractivity (Wildman–Crippen MR) is 92.0 cm³/mol. The summed E-state index contributed by atoms with van der Waals surface area (Å²) in [5.41, 5.74) is 0. The summed E-state index contributed by atoms with van der Waals surface area (Å²) in [4.78, 5) is 30.8. The van der Waals surface area contributed by atoms with Crippen LogP contribution in [-0.4, -0.2) is 72.3 Å². The summed E-state index contributed by atoms with van der Waals surface area (Å²) < 4.78 is 0. The first kappa shape index (κ1) is 18.2. The van der Waals surface area contributed by atoms with Crippen molar-refractivity contribution in [3.63, 3.8) is 0 Å². The Morgan fingerprint density at radius 3 is 1.83 bits per heavy atom. The molecule has 0 bridgehead atoms. The molecule has 132 valence electrons. The number of hydrogen-bond acceptors (Lipinski definition) is 3. The van der Waals surface area contributed by atoms with Crippen molar-refractivity contribution in [3.8, 4) is 0 Å². The van der Waals surface area contributed by atoms with Crippen molar-refractivity contribution in [1.82, 2.24) is 14.7 Å². The highest BCUT2D eigenvalue weighted by Crippen LogP contribution is 2.31. The minimum atomic E-state index is 0.213. The van der Waals surface area contributed by atoms with Gasteiger partial charge in [-0.05, 0) is 24.7 Å². The van der Waals surface area contributed by atoms with Gasteiger partial charge in [0, 0.05) is 45.2 Å². The average molecular weight is 323 g/mol. The fourth-order valence-electron chi connectivity index (χ4n) is 3.29. The molecule has 0 N–H and O–H groups in total.